The van der Waals surface area contributed by atoms with Gasteiger partial charge in [0.15, 0.2) is 0 Å². The molecule has 0 aliphatic carbocycles. The maximum Gasteiger partial charge on any atom is 0.229 e. The van der Waals surface area contributed by atoms with Gasteiger partial charge in [0, 0.05) is 29.4 Å². The molecule has 1 amide bonds. The van der Waals surface area contributed by atoms with Gasteiger partial charge in [-0.25, -0.2) is 0 Å². The molecule has 0 aromatic heterocycles. The molecule has 1 N–H and O–H groups in total. The predicted molar refractivity (Wildman–Crippen MR) is 85.2 cm³/mol. The van der Waals surface area contributed by atoms with Crippen molar-refractivity contribution in [1.82, 2.24) is 0 Å². The third kappa shape index (κ3) is 3.53. The Hall–Kier alpha value is -1.51. The van der Waals surface area contributed by atoms with Gasteiger partial charge < -0.3 is 10.2 Å². The summed E-state index contributed by atoms with van der Waals surface area (Å²) in [6.07, 6.45) is 3.87. The molecule has 2 rings (SSSR count). The van der Waals surface area contributed by atoms with E-state index in [-0.39, 0.29) is 11.3 Å². The molecule has 1 aromatic carbocycles. The molecule has 0 spiro atoms. The Bertz CT molecular complexity index is 459. The third-order valence-corrected chi connectivity index (χ3v) is 3.94. The molecule has 110 valence electrons. The van der Waals surface area contributed by atoms with Crippen molar-refractivity contribution < 1.29 is 4.79 Å². The fourth-order valence-electron chi connectivity index (χ4n) is 2.54. The van der Waals surface area contributed by atoms with Crippen LogP contribution < -0.4 is 10.2 Å². The Morgan fingerprint density at radius 1 is 1.20 bits per heavy atom. The van der Waals surface area contributed by atoms with Crippen molar-refractivity contribution in [1.29, 1.82) is 0 Å². The first kappa shape index (κ1) is 14.9. The van der Waals surface area contributed by atoms with Crippen LogP contribution in [0.4, 0.5) is 11.4 Å². The van der Waals surface area contributed by atoms with E-state index >= 15 is 0 Å². The molecule has 1 aliphatic rings. The monoisotopic (exact) mass is 274 g/mol. The van der Waals surface area contributed by atoms with Crippen LogP contribution >= 0.6 is 0 Å². The normalized spacial score (nSPS) is 19.8. The van der Waals surface area contributed by atoms with E-state index in [1.807, 2.05) is 32.9 Å². The number of amides is 1. The quantitative estimate of drug-likeness (QED) is 0.882. The molecule has 3 nitrogen and oxygen atoms in total. The summed E-state index contributed by atoms with van der Waals surface area (Å²) in [6.45, 7) is 9.19. The van der Waals surface area contributed by atoms with Crippen LogP contribution in [0.2, 0.25) is 0 Å². The van der Waals surface area contributed by atoms with Crippen molar-refractivity contribution in [2.75, 3.05) is 16.8 Å². The summed E-state index contributed by atoms with van der Waals surface area (Å²) in [6, 6.07) is 8.83. The minimum atomic E-state index is -0.361. The van der Waals surface area contributed by atoms with Crippen LogP contribution in [0.1, 0.15) is 47.0 Å². The highest BCUT2D eigenvalue weighted by molar-refractivity contribution is 5.94. The summed E-state index contributed by atoms with van der Waals surface area (Å²) in [5, 5.41) is 2.97. The molecule has 1 aliphatic heterocycles. The zero-order valence-corrected chi connectivity index (χ0v) is 13.1. The summed E-state index contributed by atoms with van der Waals surface area (Å²) < 4.78 is 0. The largest absolute Gasteiger partial charge is 0.369 e. The molecular weight excluding hydrogens is 248 g/mol. The minimum absolute atomic E-state index is 0.0524. The van der Waals surface area contributed by atoms with E-state index in [2.05, 4.69) is 29.3 Å². The smallest absolute Gasteiger partial charge is 0.229 e. The molecule has 0 saturated carbocycles. The van der Waals surface area contributed by atoms with E-state index in [1.165, 1.54) is 24.9 Å². The second-order valence-corrected chi connectivity index (χ2v) is 6.79. The first-order valence-electron chi connectivity index (χ1n) is 7.56. The first-order chi connectivity index (χ1) is 9.38. The van der Waals surface area contributed by atoms with Crippen LogP contribution in [-0.4, -0.2) is 18.5 Å². The second-order valence-electron chi connectivity index (χ2n) is 6.79. The van der Waals surface area contributed by atoms with Gasteiger partial charge in [-0.3, -0.25) is 4.79 Å². The van der Waals surface area contributed by atoms with Crippen LogP contribution in [0.15, 0.2) is 24.3 Å². The Balaban J connectivity index is 2.04. The van der Waals surface area contributed by atoms with E-state index in [4.69, 9.17) is 0 Å². The van der Waals surface area contributed by atoms with E-state index in [9.17, 15) is 4.79 Å². The number of piperidine rings is 1. The van der Waals surface area contributed by atoms with Crippen molar-refractivity contribution in [3.8, 4) is 0 Å². The fraction of sp³-hybridized carbons (Fsp3) is 0.588. The summed E-state index contributed by atoms with van der Waals surface area (Å²) in [7, 11) is 0. The molecule has 1 atom stereocenters. The SMILES string of the molecule is C[C@@H]1CCCCN1c1ccc(NC(=O)C(C)(C)C)cc1. The number of anilines is 2. The molecular formula is C17H26N2O. The van der Waals surface area contributed by atoms with E-state index in [0.29, 0.717) is 6.04 Å². The first-order valence-corrected chi connectivity index (χ1v) is 7.56. The number of rotatable bonds is 2. The second kappa shape index (κ2) is 5.86. The van der Waals surface area contributed by atoms with Crippen molar-refractivity contribution in [3.05, 3.63) is 24.3 Å². The van der Waals surface area contributed by atoms with Crippen LogP contribution in [-0.2, 0) is 4.79 Å². The lowest BCUT2D eigenvalue weighted by molar-refractivity contribution is -0.123. The van der Waals surface area contributed by atoms with Crippen LogP contribution in [0, 0.1) is 5.41 Å². The number of benzene rings is 1. The number of hydrogen-bond donors (Lipinski definition) is 1. The lowest BCUT2D eigenvalue weighted by Crippen LogP contribution is -2.37. The predicted octanol–water partition coefficient (Wildman–Crippen LogP) is 4.05. The molecule has 3 heteroatoms. The highest BCUT2D eigenvalue weighted by Gasteiger charge is 2.21. The number of nitrogens with one attached hydrogen (secondary N) is 1. The summed E-state index contributed by atoms with van der Waals surface area (Å²) in [5.74, 6) is 0.0524. The van der Waals surface area contributed by atoms with Gasteiger partial charge in [0.25, 0.3) is 0 Å². The van der Waals surface area contributed by atoms with Gasteiger partial charge in [-0.15, -0.1) is 0 Å². The molecule has 0 radical (unpaired) electrons. The molecule has 1 saturated heterocycles. The summed E-state index contributed by atoms with van der Waals surface area (Å²) >= 11 is 0. The van der Waals surface area contributed by atoms with Crippen LogP contribution in [0.5, 0.6) is 0 Å². The summed E-state index contributed by atoms with van der Waals surface area (Å²) in [5.41, 5.74) is 1.77. The van der Waals surface area contributed by atoms with E-state index in [0.717, 1.165) is 12.2 Å². The Morgan fingerprint density at radius 3 is 2.40 bits per heavy atom. The standard InChI is InChI=1S/C17H26N2O/c1-13-7-5-6-12-19(13)15-10-8-14(9-11-15)18-16(20)17(2,3)4/h8-11,13H,5-7,12H2,1-4H3,(H,18,20)/t13-/m1/s1. The number of carbonyl (C=O) groups is 1. The van der Waals surface area contributed by atoms with Crippen molar-refractivity contribution in [2.45, 2.75) is 53.0 Å². The lowest BCUT2D eigenvalue weighted by atomic mass is 9.95. The van der Waals surface area contributed by atoms with E-state index in [1.54, 1.807) is 0 Å². The maximum atomic E-state index is 12.0. The summed E-state index contributed by atoms with van der Waals surface area (Å²) in [4.78, 5) is 14.4. The van der Waals surface area contributed by atoms with Gasteiger partial charge in [0.05, 0.1) is 0 Å². The molecule has 20 heavy (non-hydrogen) atoms. The number of hydrogen-bond acceptors (Lipinski definition) is 2. The average Bonchev–Trinajstić information content (AvgIpc) is 2.39. The van der Waals surface area contributed by atoms with Gasteiger partial charge >= 0.3 is 0 Å². The fourth-order valence-corrected chi connectivity index (χ4v) is 2.54. The Morgan fingerprint density at radius 2 is 1.85 bits per heavy atom. The van der Waals surface area contributed by atoms with Crippen molar-refractivity contribution >= 4 is 17.3 Å². The van der Waals surface area contributed by atoms with Gasteiger partial charge in [-0.2, -0.15) is 0 Å². The Kier molecular flexibility index (Phi) is 4.36. The molecule has 0 unspecified atom stereocenters. The zero-order valence-electron chi connectivity index (χ0n) is 13.1. The van der Waals surface area contributed by atoms with Crippen molar-refractivity contribution in [3.63, 3.8) is 0 Å². The Labute approximate surface area is 122 Å². The van der Waals surface area contributed by atoms with E-state index < -0.39 is 0 Å². The van der Waals surface area contributed by atoms with Gasteiger partial charge in [-0.1, -0.05) is 20.8 Å². The van der Waals surface area contributed by atoms with Gasteiger partial charge in [0.2, 0.25) is 5.91 Å². The average molecular weight is 274 g/mol. The topological polar surface area (TPSA) is 32.3 Å². The van der Waals surface area contributed by atoms with Crippen LogP contribution in [0.3, 0.4) is 0 Å². The molecule has 0 bridgehead atoms. The zero-order chi connectivity index (χ0) is 14.8. The highest BCUT2D eigenvalue weighted by Crippen LogP contribution is 2.26. The minimum Gasteiger partial charge on any atom is -0.369 e. The molecule has 1 heterocycles. The molecule has 1 fully saturated rings. The third-order valence-electron chi connectivity index (χ3n) is 3.94. The van der Waals surface area contributed by atoms with Gasteiger partial charge in [-0.05, 0) is 50.5 Å². The number of carbonyl (C=O) groups excluding carboxylic acids is 1. The van der Waals surface area contributed by atoms with Gasteiger partial charge in [0.1, 0.15) is 0 Å². The van der Waals surface area contributed by atoms with Crippen LogP contribution in [0.25, 0.3) is 0 Å². The number of nitrogens with zero attached hydrogens (tertiary/aromatic N) is 1. The van der Waals surface area contributed by atoms with Crippen molar-refractivity contribution in [2.24, 2.45) is 5.41 Å². The molecule has 1 aromatic rings. The lowest BCUT2D eigenvalue weighted by Gasteiger charge is -2.35. The highest BCUT2D eigenvalue weighted by atomic mass is 16.2. The maximum absolute atomic E-state index is 12.0.